The van der Waals surface area contributed by atoms with E-state index < -0.39 is 0 Å². The fraction of sp³-hybridized carbons (Fsp3) is 0.600. The first-order valence-electron chi connectivity index (χ1n) is 7.15. The molecule has 0 saturated carbocycles. The van der Waals surface area contributed by atoms with E-state index in [1.54, 1.807) is 0 Å². The summed E-state index contributed by atoms with van der Waals surface area (Å²) in [5, 5.41) is 6.59. The summed E-state index contributed by atoms with van der Waals surface area (Å²) >= 11 is 0. The van der Waals surface area contributed by atoms with E-state index >= 15 is 0 Å². The molecule has 0 atom stereocenters. The number of rotatable bonds is 0. The van der Waals surface area contributed by atoms with Gasteiger partial charge in [-0.3, -0.25) is 0 Å². The van der Waals surface area contributed by atoms with Crippen molar-refractivity contribution in [2.45, 2.75) is 33.4 Å². The molecule has 6 nitrogen and oxygen atoms in total. The monoisotopic (exact) mass is 290 g/mol. The van der Waals surface area contributed by atoms with Crippen LogP contribution in [0.2, 0.25) is 0 Å². The Morgan fingerprint density at radius 1 is 0.857 bits per heavy atom. The number of aryl methyl sites for hydroxylation is 2. The number of aromatic nitrogens is 4. The summed E-state index contributed by atoms with van der Waals surface area (Å²) in [7, 11) is 4.09. The molecule has 0 bridgehead atoms. The van der Waals surface area contributed by atoms with Crippen molar-refractivity contribution in [1.82, 2.24) is 29.7 Å². The number of nitrogens with one attached hydrogen (secondary N) is 2. The van der Waals surface area contributed by atoms with E-state index in [-0.39, 0.29) is 7.43 Å². The summed E-state index contributed by atoms with van der Waals surface area (Å²) in [4.78, 5) is 8.54. The zero-order valence-corrected chi connectivity index (χ0v) is 12.2. The minimum absolute atomic E-state index is 0. The van der Waals surface area contributed by atoms with Gasteiger partial charge in [-0.2, -0.15) is 0 Å². The molecule has 4 heterocycles. The SMILES string of the molecule is C.Cn1cnc2c1CCNC2.Cn1cnc2c1CNCC2. The average Bonchev–Trinajstić information content (AvgIpc) is 3.05. The Kier molecular flexibility index (Phi) is 5.14. The van der Waals surface area contributed by atoms with Crippen LogP contribution < -0.4 is 10.6 Å². The molecule has 0 amide bonds. The van der Waals surface area contributed by atoms with Crippen molar-refractivity contribution < 1.29 is 0 Å². The highest BCUT2D eigenvalue weighted by molar-refractivity contribution is 5.16. The molecule has 0 unspecified atom stereocenters. The highest BCUT2D eigenvalue weighted by Gasteiger charge is 2.12. The molecule has 0 aromatic carbocycles. The number of hydrogen-bond acceptors (Lipinski definition) is 4. The third kappa shape index (κ3) is 3.33. The molecular weight excluding hydrogens is 264 g/mol. The summed E-state index contributed by atoms with van der Waals surface area (Å²) in [6.45, 7) is 4.08. The van der Waals surface area contributed by atoms with Crippen molar-refractivity contribution >= 4 is 0 Å². The van der Waals surface area contributed by atoms with Gasteiger partial charge in [0.05, 0.1) is 29.7 Å². The number of hydrogen-bond donors (Lipinski definition) is 2. The van der Waals surface area contributed by atoms with Gasteiger partial charge in [-0.05, 0) is 0 Å². The first-order chi connectivity index (χ1) is 9.75. The van der Waals surface area contributed by atoms with Gasteiger partial charge in [0.1, 0.15) is 0 Å². The van der Waals surface area contributed by atoms with E-state index in [2.05, 4.69) is 36.8 Å². The smallest absolute Gasteiger partial charge is 0.0949 e. The quantitative estimate of drug-likeness (QED) is 0.752. The Balaban J connectivity index is 0.000000147. The lowest BCUT2D eigenvalue weighted by Gasteiger charge is -2.12. The highest BCUT2D eigenvalue weighted by atomic mass is 15.1. The lowest BCUT2D eigenvalue weighted by atomic mass is 10.2. The molecule has 2 aliphatic rings. The normalized spacial score (nSPS) is 16.1. The van der Waals surface area contributed by atoms with Crippen LogP contribution in [0.3, 0.4) is 0 Å². The molecule has 0 radical (unpaired) electrons. The molecule has 21 heavy (non-hydrogen) atoms. The summed E-state index contributed by atoms with van der Waals surface area (Å²) in [6, 6.07) is 0. The summed E-state index contributed by atoms with van der Waals surface area (Å²) < 4.78 is 4.19. The number of fused-ring (bicyclic) bond motifs is 2. The van der Waals surface area contributed by atoms with Crippen LogP contribution in [-0.4, -0.2) is 32.2 Å². The predicted molar refractivity (Wildman–Crippen MR) is 84.0 cm³/mol. The zero-order chi connectivity index (χ0) is 13.9. The van der Waals surface area contributed by atoms with E-state index in [4.69, 9.17) is 0 Å². The maximum Gasteiger partial charge on any atom is 0.0949 e. The van der Waals surface area contributed by atoms with E-state index in [9.17, 15) is 0 Å². The third-order valence-electron chi connectivity index (χ3n) is 3.95. The lowest BCUT2D eigenvalue weighted by molar-refractivity contribution is 0.606. The fourth-order valence-corrected chi connectivity index (χ4v) is 2.74. The van der Waals surface area contributed by atoms with Crippen molar-refractivity contribution in [3.8, 4) is 0 Å². The number of imidazole rings is 2. The van der Waals surface area contributed by atoms with Crippen molar-refractivity contribution in [3.05, 3.63) is 35.4 Å². The molecule has 2 aromatic rings. The van der Waals surface area contributed by atoms with Crippen molar-refractivity contribution in [1.29, 1.82) is 0 Å². The summed E-state index contributed by atoms with van der Waals surface area (Å²) in [5.74, 6) is 0. The Bertz CT molecular complexity index is 531. The van der Waals surface area contributed by atoms with Crippen molar-refractivity contribution in [2.24, 2.45) is 14.1 Å². The molecule has 0 spiro atoms. The fourth-order valence-electron chi connectivity index (χ4n) is 2.74. The molecule has 0 aliphatic carbocycles. The maximum atomic E-state index is 4.28. The third-order valence-corrected chi connectivity index (χ3v) is 3.95. The summed E-state index contributed by atoms with van der Waals surface area (Å²) in [5.41, 5.74) is 5.21. The first kappa shape index (κ1) is 15.7. The molecule has 116 valence electrons. The lowest BCUT2D eigenvalue weighted by Crippen LogP contribution is -2.24. The highest BCUT2D eigenvalue weighted by Crippen LogP contribution is 2.10. The van der Waals surface area contributed by atoms with Gasteiger partial charge in [0, 0.05) is 58.8 Å². The van der Waals surface area contributed by atoms with Crippen LogP contribution in [0.15, 0.2) is 12.7 Å². The Hall–Kier alpha value is -1.66. The molecule has 2 aromatic heterocycles. The second kappa shape index (κ2) is 6.87. The van der Waals surface area contributed by atoms with Gasteiger partial charge in [0.2, 0.25) is 0 Å². The standard InChI is InChI=1S/2C7H11N3.CH4/c1-10-5-9-6-4-8-3-2-7(6)10;1-10-5-9-6-2-3-8-4-7(6)10;/h2*5,8H,2-4H2,1H3;1H4. The maximum absolute atomic E-state index is 4.28. The van der Waals surface area contributed by atoms with Crippen LogP contribution in [0.1, 0.15) is 30.2 Å². The minimum atomic E-state index is 0. The van der Waals surface area contributed by atoms with Crippen molar-refractivity contribution in [2.75, 3.05) is 13.1 Å². The molecule has 0 saturated heterocycles. The minimum Gasteiger partial charge on any atom is -0.337 e. The second-order valence-corrected chi connectivity index (χ2v) is 5.35. The molecule has 6 heteroatoms. The summed E-state index contributed by atoms with van der Waals surface area (Å²) in [6.07, 6.45) is 5.97. The molecule has 4 rings (SSSR count). The van der Waals surface area contributed by atoms with Crippen molar-refractivity contribution in [3.63, 3.8) is 0 Å². The van der Waals surface area contributed by atoms with Crippen LogP contribution in [0.4, 0.5) is 0 Å². The predicted octanol–water partition coefficient (Wildman–Crippen LogP) is 0.768. The second-order valence-electron chi connectivity index (χ2n) is 5.35. The average molecular weight is 290 g/mol. The molecule has 0 fully saturated rings. The molecule has 2 N–H and O–H groups in total. The Labute approximate surface area is 126 Å². The van der Waals surface area contributed by atoms with Crippen LogP contribution in [-0.2, 0) is 40.0 Å². The van der Waals surface area contributed by atoms with Gasteiger partial charge in [-0.25, -0.2) is 9.97 Å². The Morgan fingerprint density at radius 3 is 2.19 bits per heavy atom. The molecule has 2 aliphatic heterocycles. The van der Waals surface area contributed by atoms with E-state index in [0.717, 1.165) is 39.0 Å². The van der Waals surface area contributed by atoms with Crippen LogP contribution in [0, 0.1) is 0 Å². The van der Waals surface area contributed by atoms with Crippen LogP contribution in [0.25, 0.3) is 0 Å². The van der Waals surface area contributed by atoms with Crippen LogP contribution >= 0.6 is 0 Å². The Morgan fingerprint density at radius 2 is 1.48 bits per heavy atom. The van der Waals surface area contributed by atoms with E-state index in [1.165, 1.54) is 22.8 Å². The van der Waals surface area contributed by atoms with Gasteiger partial charge < -0.3 is 19.8 Å². The number of nitrogens with zero attached hydrogens (tertiary/aromatic N) is 4. The first-order valence-corrected chi connectivity index (χ1v) is 7.15. The zero-order valence-electron chi connectivity index (χ0n) is 12.2. The molecular formula is C15H26N6. The van der Waals surface area contributed by atoms with Gasteiger partial charge >= 0.3 is 0 Å². The topological polar surface area (TPSA) is 59.7 Å². The van der Waals surface area contributed by atoms with Crippen LogP contribution in [0.5, 0.6) is 0 Å². The largest absolute Gasteiger partial charge is 0.337 e. The van der Waals surface area contributed by atoms with Gasteiger partial charge in [-0.1, -0.05) is 7.43 Å². The van der Waals surface area contributed by atoms with Gasteiger partial charge in [0.25, 0.3) is 0 Å². The van der Waals surface area contributed by atoms with Gasteiger partial charge in [-0.15, -0.1) is 0 Å². The van der Waals surface area contributed by atoms with E-state index in [1.807, 2.05) is 19.7 Å². The van der Waals surface area contributed by atoms with E-state index in [0.29, 0.717) is 0 Å². The van der Waals surface area contributed by atoms with Gasteiger partial charge in [0.15, 0.2) is 0 Å².